The summed E-state index contributed by atoms with van der Waals surface area (Å²) in [4.78, 5) is 10.8. The molecule has 0 bridgehead atoms. The van der Waals surface area contributed by atoms with E-state index in [1.807, 2.05) is 0 Å². The Morgan fingerprint density at radius 2 is 1.93 bits per heavy atom. The van der Waals surface area contributed by atoms with Crippen molar-refractivity contribution in [3.63, 3.8) is 0 Å². The molecule has 15 heavy (non-hydrogen) atoms. The standard InChI is InChI=1S/C12H25NO2/c1-4-10(7-9(2)3)5-6-11(8-13)12(14)15/h9-11H,4-8,13H2,1-3H3,(H,14,15). The lowest BCUT2D eigenvalue weighted by Crippen LogP contribution is -2.24. The highest BCUT2D eigenvalue weighted by atomic mass is 16.4. The molecule has 0 saturated carbocycles. The summed E-state index contributed by atoms with van der Waals surface area (Å²) in [6.45, 7) is 6.85. The molecule has 0 aliphatic heterocycles. The minimum absolute atomic E-state index is 0.257. The molecule has 0 heterocycles. The first-order chi connectivity index (χ1) is 7.01. The van der Waals surface area contributed by atoms with Gasteiger partial charge in [-0.3, -0.25) is 4.79 Å². The lowest BCUT2D eigenvalue weighted by Gasteiger charge is -2.18. The van der Waals surface area contributed by atoms with E-state index in [-0.39, 0.29) is 12.5 Å². The number of aliphatic carboxylic acids is 1. The molecule has 2 atom stereocenters. The fourth-order valence-corrected chi connectivity index (χ4v) is 1.93. The number of hydrogen-bond donors (Lipinski definition) is 2. The molecule has 0 aliphatic rings. The molecular formula is C12H25NO2. The van der Waals surface area contributed by atoms with Crippen LogP contribution in [0.25, 0.3) is 0 Å². The first kappa shape index (κ1) is 14.4. The van der Waals surface area contributed by atoms with E-state index < -0.39 is 5.97 Å². The van der Waals surface area contributed by atoms with Crippen LogP contribution in [0.5, 0.6) is 0 Å². The molecule has 0 fully saturated rings. The van der Waals surface area contributed by atoms with Crippen molar-refractivity contribution in [3.8, 4) is 0 Å². The Bertz CT molecular complexity index is 180. The van der Waals surface area contributed by atoms with E-state index in [9.17, 15) is 4.79 Å². The predicted molar refractivity (Wildman–Crippen MR) is 62.7 cm³/mol. The lowest BCUT2D eigenvalue weighted by molar-refractivity contribution is -0.141. The summed E-state index contributed by atoms with van der Waals surface area (Å²) >= 11 is 0. The number of carboxylic acids is 1. The van der Waals surface area contributed by atoms with E-state index in [4.69, 9.17) is 10.8 Å². The van der Waals surface area contributed by atoms with Crippen molar-refractivity contribution in [2.45, 2.75) is 46.5 Å². The second-order valence-electron chi connectivity index (χ2n) is 4.75. The van der Waals surface area contributed by atoms with Crippen LogP contribution in [0.2, 0.25) is 0 Å². The second kappa shape index (κ2) is 7.69. The van der Waals surface area contributed by atoms with Crippen LogP contribution in [0.15, 0.2) is 0 Å². The van der Waals surface area contributed by atoms with Crippen LogP contribution in [-0.2, 0) is 4.79 Å². The second-order valence-corrected chi connectivity index (χ2v) is 4.75. The largest absolute Gasteiger partial charge is 0.481 e. The summed E-state index contributed by atoms with van der Waals surface area (Å²) in [7, 11) is 0. The third-order valence-corrected chi connectivity index (χ3v) is 2.94. The Hall–Kier alpha value is -0.570. The van der Waals surface area contributed by atoms with Crippen LogP contribution in [-0.4, -0.2) is 17.6 Å². The molecule has 2 unspecified atom stereocenters. The summed E-state index contributed by atoms with van der Waals surface area (Å²) < 4.78 is 0. The van der Waals surface area contributed by atoms with E-state index in [0.717, 1.165) is 19.3 Å². The quantitative estimate of drug-likeness (QED) is 0.654. The van der Waals surface area contributed by atoms with Crippen molar-refractivity contribution in [2.75, 3.05) is 6.54 Å². The van der Waals surface area contributed by atoms with Crippen molar-refractivity contribution < 1.29 is 9.90 Å². The van der Waals surface area contributed by atoms with Gasteiger partial charge in [0.05, 0.1) is 5.92 Å². The number of hydrogen-bond acceptors (Lipinski definition) is 2. The van der Waals surface area contributed by atoms with Crippen LogP contribution in [0.3, 0.4) is 0 Å². The van der Waals surface area contributed by atoms with Gasteiger partial charge < -0.3 is 10.8 Å². The van der Waals surface area contributed by atoms with Gasteiger partial charge in [-0.15, -0.1) is 0 Å². The van der Waals surface area contributed by atoms with Crippen molar-refractivity contribution in [1.29, 1.82) is 0 Å². The Morgan fingerprint density at radius 3 is 2.27 bits per heavy atom. The molecule has 3 nitrogen and oxygen atoms in total. The van der Waals surface area contributed by atoms with Gasteiger partial charge in [0.1, 0.15) is 0 Å². The highest BCUT2D eigenvalue weighted by Crippen LogP contribution is 2.22. The third kappa shape index (κ3) is 6.50. The molecule has 0 aromatic rings. The number of carbonyl (C=O) groups is 1. The zero-order chi connectivity index (χ0) is 11.8. The van der Waals surface area contributed by atoms with E-state index in [2.05, 4.69) is 20.8 Å². The van der Waals surface area contributed by atoms with E-state index >= 15 is 0 Å². The average Bonchev–Trinajstić information content (AvgIpc) is 2.15. The maximum absolute atomic E-state index is 10.8. The maximum Gasteiger partial charge on any atom is 0.307 e. The van der Waals surface area contributed by atoms with E-state index in [1.54, 1.807) is 0 Å². The van der Waals surface area contributed by atoms with E-state index in [1.165, 1.54) is 6.42 Å². The van der Waals surface area contributed by atoms with Gasteiger partial charge in [-0.2, -0.15) is 0 Å². The fourth-order valence-electron chi connectivity index (χ4n) is 1.93. The zero-order valence-corrected chi connectivity index (χ0v) is 10.2. The molecule has 3 N–H and O–H groups in total. The average molecular weight is 215 g/mol. The van der Waals surface area contributed by atoms with Crippen LogP contribution in [0, 0.1) is 17.8 Å². The van der Waals surface area contributed by atoms with E-state index in [0.29, 0.717) is 11.8 Å². The van der Waals surface area contributed by atoms with Gasteiger partial charge in [-0.05, 0) is 31.1 Å². The van der Waals surface area contributed by atoms with Crippen molar-refractivity contribution in [1.82, 2.24) is 0 Å². The van der Waals surface area contributed by atoms with Gasteiger partial charge >= 0.3 is 5.97 Å². The van der Waals surface area contributed by atoms with Gasteiger partial charge in [0, 0.05) is 6.54 Å². The Balaban J connectivity index is 3.92. The van der Waals surface area contributed by atoms with Crippen molar-refractivity contribution in [2.24, 2.45) is 23.5 Å². The number of nitrogens with two attached hydrogens (primary N) is 1. The molecule has 0 saturated heterocycles. The topological polar surface area (TPSA) is 63.3 Å². The number of carboxylic acid groups (broad SMARTS) is 1. The Labute approximate surface area is 93.0 Å². The number of rotatable bonds is 8. The summed E-state index contributed by atoms with van der Waals surface area (Å²) in [5.74, 6) is 0.234. The fraction of sp³-hybridized carbons (Fsp3) is 0.917. The van der Waals surface area contributed by atoms with Crippen molar-refractivity contribution in [3.05, 3.63) is 0 Å². The summed E-state index contributed by atoms with van der Waals surface area (Å²) in [5, 5.41) is 8.86. The lowest BCUT2D eigenvalue weighted by atomic mass is 9.88. The van der Waals surface area contributed by atoms with Gasteiger partial charge in [-0.1, -0.05) is 27.2 Å². The zero-order valence-electron chi connectivity index (χ0n) is 10.2. The maximum atomic E-state index is 10.8. The predicted octanol–water partition coefficient (Wildman–Crippen LogP) is 2.50. The monoisotopic (exact) mass is 215 g/mol. The van der Waals surface area contributed by atoms with Crippen LogP contribution in [0.4, 0.5) is 0 Å². The first-order valence-corrected chi connectivity index (χ1v) is 5.94. The molecule has 0 aromatic carbocycles. The highest BCUT2D eigenvalue weighted by Gasteiger charge is 2.17. The molecule has 0 rings (SSSR count). The van der Waals surface area contributed by atoms with Gasteiger partial charge in [0.2, 0.25) is 0 Å². The third-order valence-electron chi connectivity index (χ3n) is 2.94. The van der Waals surface area contributed by atoms with Gasteiger partial charge in [0.25, 0.3) is 0 Å². The summed E-state index contributed by atoms with van der Waals surface area (Å²) in [5.41, 5.74) is 5.42. The van der Waals surface area contributed by atoms with Crippen LogP contribution < -0.4 is 5.73 Å². The first-order valence-electron chi connectivity index (χ1n) is 5.94. The Morgan fingerprint density at radius 1 is 1.33 bits per heavy atom. The molecule has 0 spiro atoms. The highest BCUT2D eigenvalue weighted by molar-refractivity contribution is 5.70. The minimum atomic E-state index is -0.753. The normalized spacial score (nSPS) is 15.3. The molecule has 90 valence electrons. The smallest absolute Gasteiger partial charge is 0.307 e. The molecule has 0 amide bonds. The van der Waals surface area contributed by atoms with Crippen molar-refractivity contribution >= 4 is 5.97 Å². The van der Waals surface area contributed by atoms with Gasteiger partial charge in [0.15, 0.2) is 0 Å². The molecular weight excluding hydrogens is 190 g/mol. The SMILES string of the molecule is CCC(CCC(CN)C(=O)O)CC(C)C. The van der Waals surface area contributed by atoms with Crippen LogP contribution in [0.1, 0.15) is 46.5 Å². The molecule has 0 aliphatic carbocycles. The molecule has 3 heteroatoms. The molecule has 0 radical (unpaired) electrons. The van der Waals surface area contributed by atoms with Crippen LogP contribution >= 0.6 is 0 Å². The minimum Gasteiger partial charge on any atom is -0.481 e. The van der Waals surface area contributed by atoms with Gasteiger partial charge in [-0.25, -0.2) is 0 Å². The summed E-state index contributed by atoms with van der Waals surface area (Å²) in [6.07, 6.45) is 4.03. The summed E-state index contributed by atoms with van der Waals surface area (Å²) in [6, 6.07) is 0. The molecule has 0 aromatic heterocycles. The Kier molecular flexibility index (Phi) is 7.39.